The van der Waals surface area contributed by atoms with Gasteiger partial charge in [-0.05, 0) is 33.0 Å². The van der Waals surface area contributed by atoms with Crippen molar-refractivity contribution in [2.75, 3.05) is 19.6 Å². The third-order valence-corrected chi connectivity index (χ3v) is 4.04. The molecule has 22 heavy (non-hydrogen) atoms. The van der Waals surface area contributed by atoms with Crippen LogP contribution in [-0.2, 0) is 4.79 Å². The topological polar surface area (TPSA) is 54.0 Å². The Bertz CT molecular complexity index is 613. The molecule has 2 N–H and O–H groups in total. The quantitative estimate of drug-likeness (QED) is 0.810. The summed E-state index contributed by atoms with van der Waals surface area (Å²) in [5, 5.41) is 2.10. The van der Waals surface area contributed by atoms with Crippen molar-refractivity contribution in [2.24, 2.45) is 0 Å². The highest BCUT2D eigenvalue weighted by molar-refractivity contribution is 6.52. The van der Waals surface area contributed by atoms with E-state index in [9.17, 15) is 9.59 Å². The molecule has 1 aromatic carbocycles. The Hall–Kier alpha value is -1.78. The van der Waals surface area contributed by atoms with E-state index >= 15 is 0 Å². The lowest BCUT2D eigenvalue weighted by Gasteiger charge is -2.25. The smallest absolute Gasteiger partial charge is 0.236 e. The Labute approximate surface area is 132 Å². The van der Waals surface area contributed by atoms with Crippen molar-refractivity contribution < 1.29 is 14.9 Å². The summed E-state index contributed by atoms with van der Waals surface area (Å²) >= 11 is 0. The highest BCUT2D eigenvalue weighted by atomic mass is 16.2. The van der Waals surface area contributed by atoms with Crippen molar-refractivity contribution in [3.63, 3.8) is 0 Å². The third kappa shape index (κ3) is 3.18. The van der Waals surface area contributed by atoms with Crippen LogP contribution in [0.15, 0.2) is 29.8 Å². The number of fused-ring (bicyclic) bond motifs is 1. The number of carbonyl (C=O) groups is 2. The number of quaternary nitrogens is 1. The average molecular weight is 301 g/mol. The van der Waals surface area contributed by atoms with Crippen molar-refractivity contribution in [1.29, 1.82) is 0 Å². The van der Waals surface area contributed by atoms with E-state index in [-0.39, 0.29) is 11.6 Å². The largest absolute Gasteiger partial charge is 0.311 e. The number of likely N-dealkylation sites (N-methyl/N-ethyl adjacent to an activating group) is 1. The highest BCUT2D eigenvalue weighted by Gasteiger charge is 2.35. The molecule has 4 nitrogen and oxygen atoms in total. The van der Waals surface area contributed by atoms with E-state index < -0.39 is 0 Å². The minimum absolute atomic E-state index is 0.316. The second kappa shape index (κ2) is 6.99. The van der Waals surface area contributed by atoms with Gasteiger partial charge in [-0.15, -0.1) is 0 Å². The molecule has 1 aliphatic rings. The van der Waals surface area contributed by atoms with Gasteiger partial charge in [0.1, 0.15) is 5.70 Å². The highest BCUT2D eigenvalue weighted by Crippen LogP contribution is 2.26. The Morgan fingerprint density at radius 3 is 2.14 bits per heavy atom. The van der Waals surface area contributed by atoms with Crippen LogP contribution in [0.4, 0.5) is 0 Å². The molecule has 0 amide bonds. The predicted molar refractivity (Wildman–Crippen MR) is 87.5 cm³/mol. The molecule has 2 rings (SSSR count). The lowest BCUT2D eigenvalue weighted by atomic mass is 9.86. The van der Waals surface area contributed by atoms with E-state index in [4.69, 9.17) is 0 Å². The minimum Gasteiger partial charge on any atom is -0.311 e. The second-order valence-corrected chi connectivity index (χ2v) is 5.97. The number of benzene rings is 1. The number of Topliss-reactive ketones (excluding diaryl/α,β-unsaturated/α-hetero) is 2. The van der Waals surface area contributed by atoms with Crippen LogP contribution in [0.5, 0.6) is 0 Å². The maximum atomic E-state index is 12.6. The van der Waals surface area contributed by atoms with Gasteiger partial charge in [0, 0.05) is 17.7 Å². The van der Waals surface area contributed by atoms with Crippen LogP contribution < -0.4 is 5.32 Å². The van der Waals surface area contributed by atoms with Gasteiger partial charge >= 0.3 is 0 Å². The van der Waals surface area contributed by atoms with Crippen molar-refractivity contribution >= 4 is 17.3 Å². The lowest BCUT2D eigenvalue weighted by Crippen LogP contribution is -2.86. The number of nitrogens with zero attached hydrogens (tertiary/aromatic N) is 1. The maximum Gasteiger partial charge on any atom is 0.236 e. The van der Waals surface area contributed by atoms with E-state index in [1.54, 1.807) is 6.07 Å². The van der Waals surface area contributed by atoms with E-state index in [1.807, 2.05) is 18.2 Å². The Kier molecular flexibility index (Phi) is 5.27. The fraction of sp³-hybridized carbons (Fsp3) is 0.444. The molecule has 1 aliphatic carbocycles. The zero-order valence-corrected chi connectivity index (χ0v) is 13.8. The summed E-state index contributed by atoms with van der Waals surface area (Å²) in [6.45, 7) is 10.6. The Morgan fingerprint density at radius 1 is 1.00 bits per heavy atom. The zero-order chi connectivity index (χ0) is 16.3. The van der Waals surface area contributed by atoms with Gasteiger partial charge in [0.05, 0.1) is 11.6 Å². The van der Waals surface area contributed by atoms with Crippen molar-refractivity contribution in [1.82, 2.24) is 4.90 Å². The monoisotopic (exact) mass is 301 g/mol. The fourth-order valence-electron chi connectivity index (χ4n) is 2.81. The molecular formula is C18H25N2O2+. The molecule has 0 radical (unpaired) electrons. The molecule has 0 saturated carbocycles. The molecule has 0 heterocycles. The maximum absolute atomic E-state index is 12.6. The Balaban J connectivity index is 2.57. The first-order valence-corrected chi connectivity index (χ1v) is 7.98. The summed E-state index contributed by atoms with van der Waals surface area (Å²) in [5.74, 6) is -0.726. The summed E-state index contributed by atoms with van der Waals surface area (Å²) in [6, 6.07) is 7.74. The molecule has 118 valence electrons. The number of ketones is 2. The SMILES string of the molecule is CCN(CC)CC1=C([NH2+]C(C)C)c2ccccc2C(=O)C1=O. The molecule has 0 fully saturated rings. The van der Waals surface area contributed by atoms with Crippen LogP contribution >= 0.6 is 0 Å². The molecule has 1 aromatic rings. The minimum atomic E-state index is -0.376. The van der Waals surface area contributed by atoms with Crippen LogP contribution in [0.1, 0.15) is 43.6 Å². The molecule has 0 unspecified atom stereocenters. The number of rotatable bonds is 6. The van der Waals surface area contributed by atoms with Gasteiger partial charge in [-0.3, -0.25) is 14.5 Å². The molecule has 4 heteroatoms. The lowest BCUT2D eigenvalue weighted by molar-refractivity contribution is -0.595. The van der Waals surface area contributed by atoms with Crippen molar-refractivity contribution in [3.05, 3.63) is 41.0 Å². The van der Waals surface area contributed by atoms with Crippen molar-refractivity contribution in [2.45, 2.75) is 33.7 Å². The van der Waals surface area contributed by atoms with E-state index in [2.05, 4.69) is 37.9 Å². The fourth-order valence-corrected chi connectivity index (χ4v) is 2.81. The van der Waals surface area contributed by atoms with Crippen LogP contribution in [-0.4, -0.2) is 42.1 Å². The summed E-state index contributed by atoms with van der Waals surface area (Å²) in [6.07, 6.45) is 0. The number of hydrogen-bond acceptors (Lipinski definition) is 3. The summed E-state index contributed by atoms with van der Waals surface area (Å²) in [4.78, 5) is 27.2. The Morgan fingerprint density at radius 2 is 1.59 bits per heavy atom. The number of nitrogens with two attached hydrogens (primary N) is 1. The first kappa shape index (κ1) is 16.6. The molecule has 0 bridgehead atoms. The van der Waals surface area contributed by atoms with Gasteiger partial charge in [-0.2, -0.15) is 0 Å². The average Bonchev–Trinajstić information content (AvgIpc) is 2.52. The van der Waals surface area contributed by atoms with Crippen LogP contribution in [0.3, 0.4) is 0 Å². The van der Waals surface area contributed by atoms with E-state index in [0.29, 0.717) is 23.7 Å². The van der Waals surface area contributed by atoms with Gasteiger partial charge in [-0.1, -0.05) is 32.0 Å². The van der Waals surface area contributed by atoms with Crippen LogP contribution in [0, 0.1) is 0 Å². The van der Waals surface area contributed by atoms with Gasteiger partial charge < -0.3 is 5.32 Å². The summed E-state index contributed by atoms with van der Waals surface area (Å²) in [5.41, 5.74) is 2.99. The van der Waals surface area contributed by atoms with Gasteiger partial charge in [0.15, 0.2) is 0 Å². The molecule has 0 saturated heterocycles. The number of hydrogen-bond donors (Lipinski definition) is 1. The zero-order valence-electron chi connectivity index (χ0n) is 13.8. The van der Waals surface area contributed by atoms with Crippen LogP contribution in [0.25, 0.3) is 5.70 Å². The predicted octanol–water partition coefficient (Wildman–Crippen LogP) is 1.48. The van der Waals surface area contributed by atoms with Gasteiger partial charge in [0.25, 0.3) is 0 Å². The molecular weight excluding hydrogens is 276 g/mol. The molecule has 0 spiro atoms. The third-order valence-electron chi connectivity index (χ3n) is 4.04. The second-order valence-electron chi connectivity index (χ2n) is 5.97. The first-order chi connectivity index (χ1) is 10.5. The first-order valence-electron chi connectivity index (χ1n) is 7.98. The normalized spacial score (nSPS) is 15.0. The van der Waals surface area contributed by atoms with E-state index in [0.717, 1.165) is 24.4 Å². The molecule has 0 aliphatic heterocycles. The summed E-state index contributed by atoms with van der Waals surface area (Å²) in [7, 11) is 0. The number of carbonyl (C=O) groups excluding carboxylic acids is 2. The standard InChI is InChI=1S/C18H24N2O2/c1-5-20(6-2)11-15-16(19-12(3)4)13-9-7-8-10-14(13)17(21)18(15)22/h7-10,12,19H,5-6,11H2,1-4H3/p+1. The van der Waals surface area contributed by atoms with Gasteiger partial charge in [-0.25, -0.2) is 0 Å². The molecule has 0 aromatic heterocycles. The molecule has 0 atom stereocenters. The van der Waals surface area contributed by atoms with Gasteiger partial charge in [0.2, 0.25) is 11.6 Å². The van der Waals surface area contributed by atoms with Crippen LogP contribution in [0.2, 0.25) is 0 Å². The van der Waals surface area contributed by atoms with Crippen molar-refractivity contribution in [3.8, 4) is 0 Å². The summed E-state index contributed by atoms with van der Waals surface area (Å²) < 4.78 is 0. The van der Waals surface area contributed by atoms with E-state index in [1.165, 1.54) is 0 Å².